The molecule has 0 aromatic carbocycles. The Kier molecular flexibility index (Phi) is 5.29. The van der Waals surface area contributed by atoms with Crippen LogP contribution in [0.1, 0.15) is 47.4 Å². The van der Waals surface area contributed by atoms with Gasteiger partial charge in [0.05, 0.1) is 0 Å². The van der Waals surface area contributed by atoms with Gasteiger partial charge in [0.2, 0.25) is 11.0 Å². The first-order valence-corrected chi connectivity index (χ1v) is 7.36. The van der Waals surface area contributed by atoms with Crippen LogP contribution in [0.3, 0.4) is 0 Å². The van der Waals surface area contributed by atoms with Gasteiger partial charge in [-0.25, -0.2) is 4.98 Å². The molecule has 2 N–H and O–H groups in total. The third kappa shape index (κ3) is 5.14. The van der Waals surface area contributed by atoms with E-state index >= 15 is 0 Å². The molecule has 5 nitrogen and oxygen atoms in total. The number of nitrogens with one attached hydrogen (secondary N) is 2. The largest absolute Gasteiger partial charge is 0.354 e. The van der Waals surface area contributed by atoms with Gasteiger partial charge in [-0.15, -0.1) is 0 Å². The fraction of sp³-hybridized carbons (Fsp3) is 0.769. The number of nitrogens with zero attached hydrogens (tertiary/aromatic N) is 2. The molecule has 0 saturated heterocycles. The molecule has 0 fully saturated rings. The minimum absolute atomic E-state index is 0.0128. The molecule has 0 spiro atoms. The van der Waals surface area contributed by atoms with E-state index in [9.17, 15) is 4.79 Å². The SMILES string of the molecule is CC(C)CNC(=O)C(C)Nc1nc(C(C)(C)C)ns1. The first-order valence-electron chi connectivity index (χ1n) is 6.58. The quantitative estimate of drug-likeness (QED) is 0.871. The van der Waals surface area contributed by atoms with E-state index in [0.29, 0.717) is 17.6 Å². The summed E-state index contributed by atoms with van der Waals surface area (Å²) in [6, 6.07) is -0.306. The second kappa shape index (κ2) is 6.32. The molecule has 1 heterocycles. The molecule has 0 saturated carbocycles. The topological polar surface area (TPSA) is 66.9 Å². The molecule has 1 aromatic heterocycles. The van der Waals surface area contributed by atoms with E-state index in [4.69, 9.17) is 0 Å². The zero-order valence-corrected chi connectivity index (χ0v) is 13.4. The molecule has 1 amide bonds. The van der Waals surface area contributed by atoms with Gasteiger partial charge < -0.3 is 10.6 Å². The van der Waals surface area contributed by atoms with E-state index in [1.165, 1.54) is 11.5 Å². The van der Waals surface area contributed by atoms with Gasteiger partial charge in [0.25, 0.3) is 0 Å². The fourth-order valence-corrected chi connectivity index (χ4v) is 2.14. The van der Waals surface area contributed by atoms with Crippen LogP contribution < -0.4 is 10.6 Å². The lowest BCUT2D eigenvalue weighted by Crippen LogP contribution is -2.39. The highest BCUT2D eigenvalue weighted by Crippen LogP contribution is 2.23. The first-order chi connectivity index (χ1) is 8.70. The van der Waals surface area contributed by atoms with Gasteiger partial charge in [-0.3, -0.25) is 4.79 Å². The number of anilines is 1. The summed E-state index contributed by atoms with van der Waals surface area (Å²) < 4.78 is 4.31. The van der Waals surface area contributed by atoms with Crippen LogP contribution in [0.5, 0.6) is 0 Å². The number of rotatable bonds is 5. The Labute approximate surface area is 119 Å². The first kappa shape index (κ1) is 15.9. The van der Waals surface area contributed by atoms with Gasteiger partial charge in [-0.05, 0) is 12.8 Å². The van der Waals surface area contributed by atoms with Gasteiger partial charge in [0.15, 0.2) is 0 Å². The van der Waals surface area contributed by atoms with E-state index in [2.05, 4.69) is 54.6 Å². The predicted molar refractivity (Wildman–Crippen MR) is 79.5 cm³/mol. The summed E-state index contributed by atoms with van der Waals surface area (Å²) in [7, 11) is 0. The summed E-state index contributed by atoms with van der Waals surface area (Å²) in [5, 5.41) is 6.68. The zero-order chi connectivity index (χ0) is 14.6. The highest BCUT2D eigenvalue weighted by atomic mass is 32.1. The van der Waals surface area contributed by atoms with Crippen molar-refractivity contribution in [3.8, 4) is 0 Å². The van der Waals surface area contributed by atoms with Crippen LogP contribution in [0, 0.1) is 5.92 Å². The van der Waals surface area contributed by atoms with Crippen LogP contribution in [0.2, 0.25) is 0 Å². The summed E-state index contributed by atoms with van der Waals surface area (Å²) in [6.45, 7) is 12.9. The summed E-state index contributed by atoms with van der Waals surface area (Å²) in [4.78, 5) is 16.3. The molecule has 0 aliphatic heterocycles. The van der Waals surface area contributed by atoms with Gasteiger partial charge in [0.1, 0.15) is 11.9 Å². The van der Waals surface area contributed by atoms with Crippen molar-refractivity contribution >= 4 is 22.6 Å². The van der Waals surface area contributed by atoms with Crippen molar-refractivity contribution in [1.29, 1.82) is 0 Å². The number of carbonyl (C=O) groups excluding carboxylic acids is 1. The van der Waals surface area contributed by atoms with Crippen LogP contribution in [0.4, 0.5) is 5.13 Å². The van der Waals surface area contributed by atoms with Crippen LogP contribution in [0.25, 0.3) is 0 Å². The van der Waals surface area contributed by atoms with Crippen LogP contribution in [0.15, 0.2) is 0 Å². The maximum absolute atomic E-state index is 11.8. The second-order valence-corrected chi connectivity index (χ2v) is 6.93. The normalized spacial score (nSPS) is 13.4. The molecule has 1 unspecified atom stereocenters. The van der Waals surface area contributed by atoms with E-state index in [1.54, 1.807) is 0 Å². The predicted octanol–water partition coefficient (Wildman–Crippen LogP) is 2.41. The standard InChI is InChI=1S/C13H24N4OS/c1-8(2)7-14-10(18)9(3)15-12-16-11(17-19-12)13(4,5)6/h8-9H,7H2,1-6H3,(H,14,18)(H,15,16,17). The molecule has 0 bridgehead atoms. The van der Waals surface area contributed by atoms with Crippen molar-refractivity contribution in [3.05, 3.63) is 5.82 Å². The number of carbonyl (C=O) groups is 1. The van der Waals surface area contributed by atoms with E-state index in [-0.39, 0.29) is 17.4 Å². The van der Waals surface area contributed by atoms with Crippen molar-refractivity contribution in [2.75, 3.05) is 11.9 Å². The molecule has 1 rings (SSSR count). The van der Waals surface area contributed by atoms with E-state index < -0.39 is 0 Å². The average Bonchev–Trinajstić information content (AvgIpc) is 2.73. The molecule has 19 heavy (non-hydrogen) atoms. The van der Waals surface area contributed by atoms with E-state index in [0.717, 1.165) is 5.82 Å². The molecule has 6 heteroatoms. The van der Waals surface area contributed by atoms with Crippen LogP contribution in [-0.4, -0.2) is 27.9 Å². The molecule has 0 radical (unpaired) electrons. The molecule has 108 valence electrons. The molecule has 0 aliphatic rings. The summed E-state index contributed by atoms with van der Waals surface area (Å²) in [5.74, 6) is 1.24. The lowest BCUT2D eigenvalue weighted by molar-refractivity contribution is -0.121. The van der Waals surface area contributed by atoms with Gasteiger partial charge in [-0.1, -0.05) is 34.6 Å². The molecule has 1 aromatic rings. The van der Waals surface area contributed by atoms with E-state index in [1.807, 2.05) is 6.92 Å². The Morgan fingerprint density at radius 1 is 1.32 bits per heavy atom. The highest BCUT2D eigenvalue weighted by molar-refractivity contribution is 7.09. The third-order valence-corrected chi connectivity index (χ3v) is 3.16. The Balaban J connectivity index is 2.55. The van der Waals surface area contributed by atoms with Gasteiger partial charge in [0, 0.05) is 23.5 Å². The lowest BCUT2D eigenvalue weighted by atomic mass is 9.96. The number of amides is 1. The minimum Gasteiger partial charge on any atom is -0.354 e. The Bertz CT molecular complexity index is 423. The van der Waals surface area contributed by atoms with Crippen LogP contribution >= 0.6 is 11.5 Å². The Morgan fingerprint density at radius 2 is 1.95 bits per heavy atom. The minimum atomic E-state index is -0.306. The summed E-state index contributed by atoms with van der Waals surface area (Å²) in [5.41, 5.74) is -0.0699. The average molecular weight is 284 g/mol. The van der Waals surface area contributed by atoms with Gasteiger partial charge in [-0.2, -0.15) is 4.37 Å². The number of aromatic nitrogens is 2. The van der Waals surface area contributed by atoms with Crippen molar-refractivity contribution in [1.82, 2.24) is 14.7 Å². The smallest absolute Gasteiger partial charge is 0.242 e. The second-order valence-electron chi connectivity index (χ2n) is 6.18. The maximum Gasteiger partial charge on any atom is 0.242 e. The molecular formula is C13H24N4OS. The van der Waals surface area contributed by atoms with Crippen LogP contribution in [-0.2, 0) is 10.2 Å². The Hall–Kier alpha value is -1.17. The maximum atomic E-state index is 11.8. The van der Waals surface area contributed by atoms with Crippen molar-refractivity contribution in [2.45, 2.75) is 53.0 Å². The molecule has 1 atom stereocenters. The Morgan fingerprint density at radius 3 is 2.42 bits per heavy atom. The summed E-state index contributed by atoms with van der Waals surface area (Å²) >= 11 is 1.29. The number of hydrogen-bond acceptors (Lipinski definition) is 5. The monoisotopic (exact) mass is 284 g/mol. The zero-order valence-electron chi connectivity index (χ0n) is 12.6. The highest BCUT2D eigenvalue weighted by Gasteiger charge is 2.21. The third-order valence-electron chi connectivity index (χ3n) is 2.51. The molecule has 0 aliphatic carbocycles. The van der Waals surface area contributed by atoms with Crippen molar-refractivity contribution in [3.63, 3.8) is 0 Å². The van der Waals surface area contributed by atoms with Crippen molar-refractivity contribution < 1.29 is 4.79 Å². The lowest BCUT2D eigenvalue weighted by Gasteiger charge is -2.14. The molecular weight excluding hydrogens is 260 g/mol. The van der Waals surface area contributed by atoms with Gasteiger partial charge >= 0.3 is 0 Å². The summed E-state index contributed by atoms with van der Waals surface area (Å²) in [6.07, 6.45) is 0. The fourth-order valence-electron chi connectivity index (χ4n) is 1.30. The number of hydrogen-bond donors (Lipinski definition) is 2. The van der Waals surface area contributed by atoms with Crippen molar-refractivity contribution in [2.24, 2.45) is 5.92 Å².